The van der Waals surface area contributed by atoms with Gasteiger partial charge in [-0.2, -0.15) is 5.10 Å². The lowest BCUT2D eigenvalue weighted by molar-refractivity contribution is -0.131. The fraction of sp³-hybridized carbons (Fsp3) is 0.500. The van der Waals surface area contributed by atoms with Crippen molar-refractivity contribution in [3.63, 3.8) is 0 Å². The average molecular weight is 237 g/mol. The standard InChI is InChI=1S/C12H19N3O2/c1-5-8-14(3)12-10(6-7-11(16)17)9(2)13-15(12)4/h6-7H,5,8H2,1-4H3,(H,16,17)/b7-6+. The first kappa shape index (κ1) is 13.3. The highest BCUT2D eigenvalue weighted by Gasteiger charge is 2.14. The molecule has 0 bridgehead atoms. The van der Waals surface area contributed by atoms with Gasteiger partial charge in [-0.05, 0) is 19.4 Å². The summed E-state index contributed by atoms with van der Waals surface area (Å²) in [5, 5.41) is 13.0. The molecule has 0 saturated heterocycles. The molecule has 0 saturated carbocycles. The second kappa shape index (κ2) is 5.52. The predicted octanol–water partition coefficient (Wildman–Crippen LogP) is 1.67. The molecular weight excluding hydrogens is 218 g/mol. The van der Waals surface area contributed by atoms with E-state index in [-0.39, 0.29) is 0 Å². The van der Waals surface area contributed by atoms with Gasteiger partial charge in [0.2, 0.25) is 0 Å². The van der Waals surface area contributed by atoms with Crippen LogP contribution < -0.4 is 4.90 Å². The van der Waals surface area contributed by atoms with Crippen LogP contribution in [0.25, 0.3) is 6.08 Å². The van der Waals surface area contributed by atoms with E-state index in [1.165, 1.54) is 0 Å². The van der Waals surface area contributed by atoms with Crippen molar-refractivity contribution in [3.8, 4) is 0 Å². The molecular formula is C12H19N3O2. The predicted molar refractivity (Wildman–Crippen MR) is 68.2 cm³/mol. The maximum Gasteiger partial charge on any atom is 0.328 e. The lowest BCUT2D eigenvalue weighted by Crippen LogP contribution is -2.21. The number of carboxylic acid groups (broad SMARTS) is 1. The van der Waals surface area contributed by atoms with Crippen LogP contribution in [0.4, 0.5) is 5.82 Å². The zero-order chi connectivity index (χ0) is 13.0. The summed E-state index contributed by atoms with van der Waals surface area (Å²) >= 11 is 0. The summed E-state index contributed by atoms with van der Waals surface area (Å²) in [6, 6.07) is 0. The number of rotatable bonds is 5. The van der Waals surface area contributed by atoms with Gasteiger partial charge in [0.15, 0.2) is 0 Å². The maximum atomic E-state index is 10.6. The number of hydrogen-bond acceptors (Lipinski definition) is 3. The van der Waals surface area contributed by atoms with Gasteiger partial charge in [0.05, 0.1) is 5.69 Å². The van der Waals surface area contributed by atoms with E-state index in [0.29, 0.717) is 0 Å². The van der Waals surface area contributed by atoms with Crippen molar-refractivity contribution in [3.05, 3.63) is 17.3 Å². The third-order valence-electron chi connectivity index (χ3n) is 2.55. The van der Waals surface area contributed by atoms with Gasteiger partial charge in [0.1, 0.15) is 5.82 Å². The summed E-state index contributed by atoms with van der Waals surface area (Å²) in [6.07, 6.45) is 3.78. The van der Waals surface area contributed by atoms with Crippen LogP contribution in [-0.2, 0) is 11.8 Å². The van der Waals surface area contributed by atoms with Crippen molar-refractivity contribution >= 4 is 17.9 Å². The van der Waals surface area contributed by atoms with Crippen molar-refractivity contribution in [1.29, 1.82) is 0 Å². The quantitative estimate of drug-likeness (QED) is 0.791. The molecule has 0 radical (unpaired) electrons. The summed E-state index contributed by atoms with van der Waals surface area (Å²) < 4.78 is 1.78. The third-order valence-corrected chi connectivity index (χ3v) is 2.55. The zero-order valence-corrected chi connectivity index (χ0v) is 10.8. The minimum Gasteiger partial charge on any atom is -0.478 e. The first-order chi connectivity index (χ1) is 7.97. The highest BCUT2D eigenvalue weighted by Crippen LogP contribution is 2.23. The monoisotopic (exact) mass is 237 g/mol. The number of hydrogen-bond donors (Lipinski definition) is 1. The van der Waals surface area contributed by atoms with E-state index in [2.05, 4.69) is 16.9 Å². The van der Waals surface area contributed by atoms with E-state index in [0.717, 1.165) is 36.1 Å². The lowest BCUT2D eigenvalue weighted by Gasteiger charge is -2.19. The molecule has 17 heavy (non-hydrogen) atoms. The van der Waals surface area contributed by atoms with E-state index < -0.39 is 5.97 Å². The fourth-order valence-corrected chi connectivity index (χ4v) is 1.91. The molecule has 0 aliphatic carbocycles. The molecule has 0 amide bonds. The molecule has 0 fully saturated rings. The van der Waals surface area contributed by atoms with Crippen molar-refractivity contribution in [2.45, 2.75) is 20.3 Å². The van der Waals surface area contributed by atoms with Crippen LogP contribution in [0.5, 0.6) is 0 Å². The molecule has 1 heterocycles. The Morgan fingerprint density at radius 2 is 2.24 bits per heavy atom. The normalized spacial score (nSPS) is 11.1. The number of anilines is 1. The molecule has 5 heteroatoms. The Hall–Kier alpha value is -1.78. The Morgan fingerprint density at radius 1 is 1.59 bits per heavy atom. The Morgan fingerprint density at radius 3 is 2.76 bits per heavy atom. The molecule has 94 valence electrons. The van der Waals surface area contributed by atoms with Gasteiger partial charge in [0, 0.05) is 32.3 Å². The molecule has 1 aromatic heterocycles. The first-order valence-electron chi connectivity index (χ1n) is 5.63. The molecule has 1 N–H and O–H groups in total. The second-order valence-corrected chi connectivity index (χ2v) is 4.04. The van der Waals surface area contributed by atoms with Crippen LogP contribution in [0.15, 0.2) is 6.08 Å². The molecule has 0 spiro atoms. The topological polar surface area (TPSA) is 58.4 Å². The summed E-state index contributed by atoms with van der Waals surface area (Å²) in [6.45, 7) is 4.89. The van der Waals surface area contributed by atoms with Gasteiger partial charge in [-0.3, -0.25) is 4.68 Å². The Bertz CT molecular complexity index is 435. The number of aliphatic carboxylic acids is 1. The van der Waals surface area contributed by atoms with Crippen LogP contribution in [0.1, 0.15) is 24.6 Å². The first-order valence-corrected chi connectivity index (χ1v) is 5.63. The van der Waals surface area contributed by atoms with Gasteiger partial charge in [-0.1, -0.05) is 6.92 Å². The van der Waals surface area contributed by atoms with Gasteiger partial charge >= 0.3 is 5.97 Å². The number of aryl methyl sites for hydroxylation is 2. The molecule has 0 aliphatic heterocycles. The van der Waals surface area contributed by atoms with Crippen molar-refractivity contribution in [2.75, 3.05) is 18.5 Å². The van der Waals surface area contributed by atoms with Crippen LogP contribution in [0.2, 0.25) is 0 Å². The number of aromatic nitrogens is 2. The van der Waals surface area contributed by atoms with Gasteiger partial charge < -0.3 is 10.0 Å². The molecule has 1 aromatic rings. The zero-order valence-electron chi connectivity index (χ0n) is 10.8. The fourth-order valence-electron chi connectivity index (χ4n) is 1.91. The average Bonchev–Trinajstić information content (AvgIpc) is 2.50. The Balaban J connectivity index is 3.14. The lowest BCUT2D eigenvalue weighted by atomic mass is 10.2. The van der Waals surface area contributed by atoms with E-state index in [1.807, 2.05) is 21.0 Å². The SMILES string of the molecule is CCCN(C)c1c(/C=C/C(=O)O)c(C)nn1C. The smallest absolute Gasteiger partial charge is 0.328 e. The molecule has 0 aliphatic rings. The van der Waals surface area contributed by atoms with E-state index in [1.54, 1.807) is 10.8 Å². The van der Waals surface area contributed by atoms with Crippen LogP contribution >= 0.6 is 0 Å². The number of carbonyl (C=O) groups is 1. The molecule has 1 rings (SSSR count). The summed E-state index contributed by atoms with van der Waals surface area (Å²) in [5.74, 6) is -0.000743. The van der Waals surface area contributed by atoms with E-state index in [9.17, 15) is 4.79 Å². The van der Waals surface area contributed by atoms with E-state index in [4.69, 9.17) is 5.11 Å². The Labute approximate surface area is 101 Å². The van der Waals surface area contributed by atoms with Gasteiger partial charge in [-0.15, -0.1) is 0 Å². The number of carboxylic acids is 1. The van der Waals surface area contributed by atoms with Gasteiger partial charge in [-0.25, -0.2) is 4.79 Å². The highest BCUT2D eigenvalue weighted by atomic mass is 16.4. The number of nitrogens with zero attached hydrogens (tertiary/aromatic N) is 3. The van der Waals surface area contributed by atoms with Crippen molar-refractivity contribution in [1.82, 2.24) is 9.78 Å². The van der Waals surface area contributed by atoms with Gasteiger partial charge in [0.25, 0.3) is 0 Å². The van der Waals surface area contributed by atoms with Crippen molar-refractivity contribution < 1.29 is 9.90 Å². The van der Waals surface area contributed by atoms with E-state index >= 15 is 0 Å². The summed E-state index contributed by atoms with van der Waals surface area (Å²) in [5.41, 5.74) is 1.70. The Kier molecular flexibility index (Phi) is 4.31. The third kappa shape index (κ3) is 3.09. The maximum absolute atomic E-state index is 10.6. The highest BCUT2D eigenvalue weighted by molar-refractivity contribution is 5.87. The van der Waals surface area contributed by atoms with Crippen LogP contribution in [0.3, 0.4) is 0 Å². The summed E-state index contributed by atoms with van der Waals surface area (Å²) in [4.78, 5) is 12.7. The summed E-state index contributed by atoms with van der Waals surface area (Å²) in [7, 11) is 3.85. The molecule has 0 aromatic carbocycles. The minimum absolute atomic E-state index is 0.836. The second-order valence-electron chi connectivity index (χ2n) is 4.04. The van der Waals surface area contributed by atoms with Crippen LogP contribution in [0, 0.1) is 6.92 Å². The molecule has 0 atom stereocenters. The molecule has 5 nitrogen and oxygen atoms in total. The minimum atomic E-state index is -0.947. The largest absolute Gasteiger partial charge is 0.478 e. The van der Waals surface area contributed by atoms with Crippen LogP contribution in [-0.4, -0.2) is 34.4 Å². The molecule has 0 unspecified atom stereocenters. The van der Waals surface area contributed by atoms with Crippen molar-refractivity contribution in [2.24, 2.45) is 7.05 Å².